The molecule has 3 heteroatoms. The third-order valence-corrected chi connectivity index (χ3v) is 4.99. The molecule has 2 fully saturated rings. The van der Waals surface area contributed by atoms with Crippen molar-refractivity contribution in [2.75, 3.05) is 29.9 Å². The first-order chi connectivity index (χ1) is 10.3. The van der Waals surface area contributed by atoms with Crippen LogP contribution < -0.4 is 10.2 Å². The van der Waals surface area contributed by atoms with E-state index in [1.807, 2.05) is 0 Å². The molecule has 116 valence electrons. The molecule has 1 aliphatic carbocycles. The van der Waals surface area contributed by atoms with Gasteiger partial charge in [0.25, 0.3) is 0 Å². The predicted molar refractivity (Wildman–Crippen MR) is 89.0 cm³/mol. The third kappa shape index (κ3) is 3.91. The van der Waals surface area contributed by atoms with Gasteiger partial charge in [-0.3, -0.25) is 0 Å². The summed E-state index contributed by atoms with van der Waals surface area (Å²) in [6.45, 7) is 3.05. The van der Waals surface area contributed by atoms with E-state index in [1.54, 1.807) is 0 Å². The molecule has 0 spiro atoms. The monoisotopic (exact) mass is 288 g/mol. The highest BCUT2D eigenvalue weighted by Crippen LogP contribution is 2.28. The lowest BCUT2D eigenvalue weighted by molar-refractivity contribution is 0.0167. The summed E-state index contributed by atoms with van der Waals surface area (Å²) in [5.74, 6) is 0. The molecule has 0 unspecified atom stereocenters. The Morgan fingerprint density at radius 1 is 0.905 bits per heavy atom. The van der Waals surface area contributed by atoms with Gasteiger partial charge < -0.3 is 15.3 Å². The highest BCUT2D eigenvalue weighted by Gasteiger charge is 2.28. The standard InChI is InChI=1S/C18H28N2O/c21-18(11-3-1-4-12-18)15-19-16-7-9-17(10-8-16)20-13-5-2-6-14-20/h7-10,19,21H,1-6,11-15H2. The molecule has 3 nitrogen and oxygen atoms in total. The maximum absolute atomic E-state index is 10.5. The summed E-state index contributed by atoms with van der Waals surface area (Å²) in [7, 11) is 0. The summed E-state index contributed by atoms with van der Waals surface area (Å²) >= 11 is 0. The molecule has 0 amide bonds. The molecule has 1 aromatic carbocycles. The first-order valence-corrected chi connectivity index (χ1v) is 8.57. The van der Waals surface area contributed by atoms with Gasteiger partial charge in [-0.05, 0) is 56.4 Å². The lowest BCUT2D eigenvalue weighted by Crippen LogP contribution is -2.38. The summed E-state index contributed by atoms with van der Waals surface area (Å²) < 4.78 is 0. The molecule has 2 aliphatic rings. The molecule has 0 aromatic heterocycles. The van der Waals surface area contributed by atoms with Gasteiger partial charge in [0.2, 0.25) is 0 Å². The Labute approximate surface area is 128 Å². The molecule has 1 saturated heterocycles. The van der Waals surface area contributed by atoms with Crippen LogP contribution in [-0.4, -0.2) is 30.3 Å². The number of hydrogen-bond acceptors (Lipinski definition) is 3. The van der Waals surface area contributed by atoms with Crippen LogP contribution in [-0.2, 0) is 0 Å². The minimum atomic E-state index is -0.496. The second kappa shape index (κ2) is 6.69. The van der Waals surface area contributed by atoms with Crippen LogP contribution in [0.25, 0.3) is 0 Å². The predicted octanol–water partition coefficient (Wildman–Crippen LogP) is 3.78. The van der Waals surface area contributed by atoms with Crippen LogP contribution in [0.2, 0.25) is 0 Å². The van der Waals surface area contributed by atoms with E-state index in [4.69, 9.17) is 0 Å². The van der Waals surface area contributed by atoms with Crippen LogP contribution in [0.15, 0.2) is 24.3 Å². The Hall–Kier alpha value is -1.22. The lowest BCUT2D eigenvalue weighted by Gasteiger charge is -2.32. The molecule has 1 aromatic rings. The molecule has 1 heterocycles. The number of piperidine rings is 1. The smallest absolute Gasteiger partial charge is 0.0819 e. The van der Waals surface area contributed by atoms with Gasteiger partial charge >= 0.3 is 0 Å². The molecule has 3 rings (SSSR count). The van der Waals surface area contributed by atoms with E-state index in [2.05, 4.69) is 34.5 Å². The second-order valence-electron chi connectivity index (χ2n) is 6.73. The van der Waals surface area contributed by atoms with Gasteiger partial charge in [0.05, 0.1) is 5.60 Å². The molecule has 0 radical (unpaired) electrons. The Morgan fingerprint density at radius 2 is 1.52 bits per heavy atom. The summed E-state index contributed by atoms with van der Waals surface area (Å²) in [4.78, 5) is 2.47. The van der Waals surface area contributed by atoms with Crippen LogP contribution in [0, 0.1) is 0 Å². The molecule has 21 heavy (non-hydrogen) atoms. The summed E-state index contributed by atoms with van der Waals surface area (Å²) in [5.41, 5.74) is 1.95. The van der Waals surface area contributed by atoms with Crippen LogP contribution >= 0.6 is 0 Å². The summed E-state index contributed by atoms with van der Waals surface area (Å²) in [6.07, 6.45) is 9.46. The maximum Gasteiger partial charge on any atom is 0.0819 e. The maximum atomic E-state index is 10.5. The van der Waals surface area contributed by atoms with Crippen molar-refractivity contribution in [1.29, 1.82) is 0 Å². The largest absolute Gasteiger partial charge is 0.388 e. The number of nitrogens with zero attached hydrogens (tertiary/aromatic N) is 1. The summed E-state index contributed by atoms with van der Waals surface area (Å²) in [6, 6.07) is 8.71. The van der Waals surface area contributed by atoms with E-state index in [1.165, 1.54) is 44.5 Å². The van der Waals surface area contributed by atoms with Gasteiger partial charge in [0.1, 0.15) is 0 Å². The minimum Gasteiger partial charge on any atom is -0.388 e. The van der Waals surface area contributed by atoms with Crippen LogP contribution in [0.1, 0.15) is 51.4 Å². The van der Waals surface area contributed by atoms with Crippen molar-refractivity contribution < 1.29 is 5.11 Å². The van der Waals surface area contributed by atoms with Crippen molar-refractivity contribution in [2.45, 2.75) is 57.0 Å². The Morgan fingerprint density at radius 3 is 2.19 bits per heavy atom. The number of rotatable bonds is 4. The van der Waals surface area contributed by atoms with E-state index in [0.29, 0.717) is 6.54 Å². The Balaban J connectivity index is 1.54. The van der Waals surface area contributed by atoms with Crippen molar-refractivity contribution in [2.24, 2.45) is 0 Å². The molecule has 2 N–H and O–H groups in total. The normalized spacial score (nSPS) is 22.0. The molecule has 0 atom stereocenters. The Kier molecular flexibility index (Phi) is 4.69. The molecular formula is C18H28N2O. The van der Waals surface area contributed by atoms with Crippen LogP contribution in [0.4, 0.5) is 11.4 Å². The fourth-order valence-electron chi connectivity index (χ4n) is 3.60. The summed E-state index contributed by atoms with van der Waals surface area (Å²) in [5, 5.41) is 13.9. The number of nitrogens with one attached hydrogen (secondary N) is 1. The zero-order valence-electron chi connectivity index (χ0n) is 13.0. The van der Waals surface area contributed by atoms with E-state index in [-0.39, 0.29) is 0 Å². The van der Waals surface area contributed by atoms with Gasteiger partial charge in [-0.2, -0.15) is 0 Å². The van der Waals surface area contributed by atoms with Gasteiger partial charge in [-0.1, -0.05) is 19.3 Å². The highest BCUT2D eigenvalue weighted by molar-refractivity contribution is 5.55. The first-order valence-electron chi connectivity index (χ1n) is 8.57. The van der Waals surface area contributed by atoms with Gasteiger partial charge in [-0.25, -0.2) is 0 Å². The van der Waals surface area contributed by atoms with Gasteiger partial charge in [0.15, 0.2) is 0 Å². The van der Waals surface area contributed by atoms with E-state index in [9.17, 15) is 5.11 Å². The molecular weight excluding hydrogens is 260 g/mol. The highest BCUT2D eigenvalue weighted by atomic mass is 16.3. The fourth-order valence-corrected chi connectivity index (χ4v) is 3.60. The van der Waals surface area contributed by atoms with E-state index < -0.39 is 5.60 Å². The van der Waals surface area contributed by atoms with Gasteiger partial charge in [0, 0.05) is 31.0 Å². The van der Waals surface area contributed by atoms with Crippen molar-refractivity contribution in [3.63, 3.8) is 0 Å². The zero-order valence-corrected chi connectivity index (χ0v) is 13.0. The third-order valence-electron chi connectivity index (χ3n) is 4.99. The fraction of sp³-hybridized carbons (Fsp3) is 0.667. The van der Waals surface area contributed by atoms with Crippen molar-refractivity contribution in [3.8, 4) is 0 Å². The number of aliphatic hydroxyl groups is 1. The number of anilines is 2. The zero-order chi connectivity index (χ0) is 14.5. The number of hydrogen-bond donors (Lipinski definition) is 2. The van der Waals surface area contributed by atoms with Crippen molar-refractivity contribution in [3.05, 3.63) is 24.3 Å². The minimum absolute atomic E-state index is 0.496. The SMILES string of the molecule is OC1(CNc2ccc(N3CCCCC3)cc2)CCCCC1. The average molecular weight is 288 g/mol. The lowest BCUT2D eigenvalue weighted by atomic mass is 9.85. The Bertz CT molecular complexity index is 431. The van der Waals surface area contributed by atoms with E-state index in [0.717, 1.165) is 31.4 Å². The molecule has 1 saturated carbocycles. The molecule has 0 bridgehead atoms. The van der Waals surface area contributed by atoms with Crippen LogP contribution in [0.3, 0.4) is 0 Å². The second-order valence-corrected chi connectivity index (χ2v) is 6.73. The van der Waals surface area contributed by atoms with E-state index >= 15 is 0 Å². The molecule has 1 aliphatic heterocycles. The van der Waals surface area contributed by atoms with Crippen molar-refractivity contribution in [1.82, 2.24) is 0 Å². The number of benzene rings is 1. The quantitative estimate of drug-likeness (QED) is 0.885. The average Bonchev–Trinajstić information content (AvgIpc) is 2.55. The van der Waals surface area contributed by atoms with Crippen LogP contribution in [0.5, 0.6) is 0 Å². The first kappa shape index (κ1) is 14.7. The van der Waals surface area contributed by atoms with Crippen molar-refractivity contribution >= 4 is 11.4 Å². The van der Waals surface area contributed by atoms with Gasteiger partial charge in [-0.15, -0.1) is 0 Å². The topological polar surface area (TPSA) is 35.5 Å².